The number of rotatable bonds is 5. The minimum absolute atomic E-state index is 0.686. The van der Waals surface area contributed by atoms with E-state index in [0.717, 1.165) is 55.3 Å². The lowest BCUT2D eigenvalue weighted by Gasteiger charge is -2.21. The molecule has 0 aliphatic carbocycles. The molecule has 1 aliphatic rings. The van der Waals surface area contributed by atoms with Gasteiger partial charge in [-0.25, -0.2) is 0 Å². The van der Waals surface area contributed by atoms with Crippen LogP contribution in [0.25, 0.3) is 11.4 Å². The monoisotopic (exact) mass is 286 g/mol. The van der Waals surface area contributed by atoms with Gasteiger partial charge in [0, 0.05) is 24.4 Å². The Balaban J connectivity index is 1.65. The molecule has 0 bridgehead atoms. The van der Waals surface area contributed by atoms with Gasteiger partial charge in [-0.05, 0) is 56.3 Å². The summed E-state index contributed by atoms with van der Waals surface area (Å²) in [5.41, 5.74) is 2.18. The highest BCUT2D eigenvalue weighted by Crippen LogP contribution is 2.22. The highest BCUT2D eigenvalue weighted by molar-refractivity contribution is 5.58. The van der Waals surface area contributed by atoms with Gasteiger partial charge in [-0.2, -0.15) is 4.98 Å². The number of aryl methyl sites for hydroxylation is 2. The van der Waals surface area contributed by atoms with E-state index in [4.69, 9.17) is 4.52 Å². The molecule has 0 radical (unpaired) electrons. The van der Waals surface area contributed by atoms with E-state index in [-0.39, 0.29) is 0 Å². The van der Waals surface area contributed by atoms with Crippen molar-refractivity contribution in [2.75, 3.05) is 13.1 Å². The summed E-state index contributed by atoms with van der Waals surface area (Å²) in [5, 5.41) is 7.57. The molecule has 1 unspecified atom stereocenters. The van der Waals surface area contributed by atoms with Crippen molar-refractivity contribution in [3.63, 3.8) is 0 Å². The van der Waals surface area contributed by atoms with Crippen molar-refractivity contribution in [2.24, 2.45) is 5.92 Å². The molecule has 3 heterocycles. The van der Waals surface area contributed by atoms with Gasteiger partial charge >= 0.3 is 0 Å². The fraction of sp³-hybridized carbons (Fsp3) is 0.562. The predicted molar refractivity (Wildman–Crippen MR) is 80.8 cm³/mol. The Morgan fingerprint density at radius 1 is 1.43 bits per heavy atom. The van der Waals surface area contributed by atoms with Crippen LogP contribution in [0.5, 0.6) is 0 Å². The van der Waals surface area contributed by atoms with Crippen molar-refractivity contribution in [1.29, 1.82) is 0 Å². The second-order valence-electron chi connectivity index (χ2n) is 5.65. The zero-order chi connectivity index (χ0) is 14.5. The third-order valence-corrected chi connectivity index (χ3v) is 4.16. The van der Waals surface area contributed by atoms with Crippen LogP contribution in [0.1, 0.15) is 37.6 Å². The number of piperidine rings is 1. The Morgan fingerprint density at radius 2 is 2.38 bits per heavy atom. The normalized spacial score (nSPS) is 18.8. The molecule has 1 N–H and O–H groups in total. The third kappa shape index (κ3) is 3.47. The maximum absolute atomic E-state index is 5.41. The molecule has 1 aliphatic heterocycles. The Kier molecular flexibility index (Phi) is 4.60. The molecular formula is C16H22N4O. The maximum Gasteiger partial charge on any atom is 0.226 e. The zero-order valence-electron chi connectivity index (χ0n) is 12.5. The van der Waals surface area contributed by atoms with Gasteiger partial charge in [0.05, 0.1) is 0 Å². The van der Waals surface area contributed by atoms with Gasteiger partial charge in [0.15, 0.2) is 0 Å². The summed E-state index contributed by atoms with van der Waals surface area (Å²) in [6.45, 7) is 4.38. The van der Waals surface area contributed by atoms with Gasteiger partial charge in [0.1, 0.15) is 0 Å². The van der Waals surface area contributed by atoms with E-state index >= 15 is 0 Å². The summed E-state index contributed by atoms with van der Waals surface area (Å²) < 4.78 is 5.41. The van der Waals surface area contributed by atoms with E-state index < -0.39 is 0 Å². The lowest BCUT2D eigenvalue weighted by Crippen LogP contribution is -2.29. The van der Waals surface area contributed by atoms with Gasteiger partial charge in [0.2, 0.25) is 11.7 Å². The molecule has 21 heavy (non-hydrogen) atoms. The quantitative estimate of drug-likeness (QED) is 0.915. The molecule has 5 nitrogen and oxygen atoms in total. The molecule has 1 atom stereocenters. The lowest BCUT2D eigenvalue weighted by atomic mass is 9.95. The number of hydrogen-bond donors (Lipinski definition) is 1. The van der Waals surface area contributed by atoms with Crippen molar-refractivity contribution in [2.45, 2.75) is 39.0 Å². The molecular weight excluding hydrogens is 264 g/mol. The minimum atomic E-state index is 0.686. The fourth-order valence-electron chi connectivity index (χ4n) is 2.89. The summed E-state index contributed by atoms with van der Waals surface area (Å²) >= 11 is 0. The van der Waals surface area contributed by atoms with Crippen molar-refractivity contribution < 1.29 is 4.52 Å². The highest BCUT2D eigenvalue weighted by Gasteiger charge is 2.16. The van der Waals surface area contributed by atoms with Gasteiger partial charge in [0.25, 0.3) is 0 Å². The Labute approximate surface area is 125 Å². The van der Waals surface area contributed by atoms with Crippen LogP contribution in [-0.2, 0) is 12.8 Å². The second-order valence-corrected chi connectivity index (χ2v) is 5.65. The molecule has 2 aromatic rings. The molecule has 0 amide bonds. The van der Waals surface area contributed by atoms with Gasteiger partial charge in [-0.3, -0.25) is 4.98 Å². The Hall–Kier alpha value is -1.75. The number of aromatic nitrogens is 3. The summed E-state index contributed by atoms with van der Waals surface area (Å²) in [5.74, 6) is 2.17. The highest BCUT2D eigenvalue weighted by atomic mass is 16.5. The zero-order valence-corrected chi connectivity index (χ0v) is 12.5. The number of nitrogens with one attached hydrogen (secondary N) is 1. The van der Waals surface area contributed by atoms with Gasteiger partial charge in [-0.1, -0.05) is 12.1 Å². The minimum Gasteiger partial charge on any atom is -0.339 e. The molecule has 0 spiro atoms. The topological polar surface area (TPSA) is 63.8 Å². The second kappa shape index (κ2) is 6.80. The van der Waals surface area contributed by atoms with Crippen LogP contribution in [0.2, 0.25) is 0 Å². The van der Waals surface area contributed by atoms with Crippen molar-refractivity contribution in [1.82, 2.24) is 20.4 Å². The molecule has 2 aromatic heterocycles. The number of nitrogens with zero attached hydrogens (tertiary/aromatic N) is 3. The lowest BCUT2D eigenvalue weighted by molar-refractivity contribution is 0.327. The smallest absolute Gasteiger partial charge is 0.226 e. The van der Waals surface area contributed by atoms with Crippen molar-refractivity contribution >= 4 is 0 Å². The summed E-state index contributed by atoms with van der Waals surface area (Å²) in [6.07, 6.45) is 9.13. The molecule has 0 aromatic carbocycles. The predicted octanol–water partition coefficient (Wildman–Crippen LogP) is 2.63. The first-order chi connectivity index (χ1) is 10.4. The Bertz CT molecular complexity index is 575. The average molecular weight is 286 g/mol. The average Bonchev–Trinajstić information content (AvgIpc) is 3.02. The Morgan fingerprint density at radius 3 is 3.19 bits per heavy atom. The van der Waals surface area contributed by atoms with Gasteiger partial charge in [-0.15, -0.1) is 0 Å². The van der Waals surface area contributed by atoms with E-state index in [0.29, 0.717) is 5.82 Å². The summed E-state index contributed by atoms with van der Waals surface area (Å²) in [6, 6.07) is 1.96. The molecule has 5 heteroatoms. The van der Waals surface area contributed by atoms with Crippen LogP contribution >= 0.6 is 0 Å². The van der Waals surface area contributed by atoms with Crippen molar-refractivity contribution in [3.8, 4) is 11.4 Å². The van der Waals surface area contributed by atoms with Crippen LogP contribution in [0.3, 0.4) is 0 Å². The van der Waals surface area contributed by atoms with E-state index in [2.05, 4.69) is 27.4 Å². The first-order valence-electron chi connectivity index (χ1n) is 7.83. The molecule has 112 valence electrons. The standard InChI is InChI=1S/C16H22N4O/c1-2-13-11-18-9-7-14(13)16-19-15(21-20-16)6-5-12-4-3-8-17-10-12/h7,9,11-12,17H,2-6,8,10H2,1H3. The molecule has 3 rings (SSSR count). The largest absolute Gasteiger partial charge is 0.339 e. The van der Waals surface area contributed by atoms with E-state index in [9.17, 15) is 0 Å². The first kappa shape index (κ1) is 14.2. The number of pyridine rings is 1. The van der Waals surface area contributed by atoms with Crippen LogP contribution in [0.4, 0.5) is 0 Å². The SMILES string of the molecule is CCc1cnccc1-c1noc(CCC2CCCNC2)n1. The summed E-state index contributed by atoms with van der Waals surface area (Å²) in [4.78, 5) is 8.70. The van der Waals surface area contributed by atoms with Crippen LogP contribution in [0.15, 0.2) is 23.0 Å². The van der Waals surface area contributed by atoms with Gasteiger partial charge < -0.3 is 9.84 Å². The molecule has 1 saturated heterocycles. The third-order valence-electron chi connectivity index (χ3n) is 4.16. The van der Waals surface area contributed by atoms with Crippen LogP contribution in [-0.4, -0.2) is 28.2 Å². The van der Waals surface area contributed by atoms with Crippen LogP contribution in [0, 0.1) is 5.92 Å². The molecule has 0 saturated carbocycles. The van der Waals surface area contributed by atoms with Crippen molar-refractivity contribution in [3.05, 3.63) is 29.9 Å². The van der Waals surface area contributed by atoms with Crippen LogP contribution < -0.4 is 5.32 Å². The summed E-state index contributed by atoms with van der Waals surface area (Å²) in [7, 11) is 0. The first-order valence-corrected chi connectivity index (χ1v) is 7.83. The molecule has 1 fully saturated rings. The maximum atomic E-state index is 5.41. The number of hydrogen-bond acceptors (Lipinski definition) is 5. The van der Waals surface area contributed by atoms with E-state index in [1.807, 2.05) is 12.3 Å². The fourth-order valence-corrected chi connectivity index (χ4v) is 2.89. The van der Waals surface area contributed by atoms with E-state index in [1.54, 1.807) is 6.20 Å². The van der Waals surface area contributed by atoms with E-state index in [1.165, 1.54) is 12.8 Å².